The van der Waals surface area contributed by atoms with Crippen molar-refractivity contribution >= 4 is 0 Å². The van der Waals surface area contributed by atoms with E-state index < -0.39 is 0 Å². The number of aryl methyl sites for hydroxylation is 1. The predicted octanol–water partition coefficient (Wildman–Crippen LogP) is 3.24. The minimum absolute atomic E-state index is 0.149. The molecule has 0 unspecified atom stereocenters. The molecule has 4 aliphatic heterocycles. The van der Waals surface area contributed by atoms with Crippen LogP contribution in [0, 0.1) is 11.7 Å². The molecule has 3 atom stereocenters. The number of nitrogens with zero attached hydrogens (tertiary/aromatic N) is 4. The van der Waals surface area contributed by atoms with Crippen molar-refractivity contribution in [2.45, 2.75) is 50.7 Å². The molecule has 5 heterocycles. The molecule has 4 fully saturated rings. The van der Waals surface area contributed by atoms with Gasteiger partial charge >= 0.3 is 0 Å². The minimum Gasteiger partial charge on any atom is -0.298 e. The Morgan fingerprint density at radius 1 is 1.04 bits per heavy atom. The average molecular weight is 366 g/mol. The molecule has 2 aromatic rings. The topological polar surface area (TPSA) is 32.3 Å². The lowest BCUT2D eigenvalue weighted by Crippen LogP contribution is -2.59. The molecule has 0 saturated carbocycles. The van der Waals surface area contributed by atoms with E-state index in [9.17, 15) is 4.39 Å². The fraction of sp³-hybridized carbons (Fsp3) is 0.545. The zero-order valence-electron chi connectivity index (χ0n) is 15.9. The van der Waals surface area contributed by atoms with Crippen LogP contribution in [0.25, 0.3) is 0 Å². The van der Waals surface area contributed by atoms with E-state index in [0.29, 0.717) is 18.0 Å². The highest BCUT2D eigenvalue weighted by molar-refractivity contribution is 5.28. The van der Waals surface area contributed by atoms with Gasteiger partial charge in [-0.15, -0.1) is 0 Å². The number of likely N-dealkylation sites (tertiary alicyclic amines) is 1. The maximum Gasteiger partial charge on any atom is 0.127 e. The van der Waals surface area contributed by atoms with Crippen LogP contribution in [-0.4, -0.2) is 51.5 Å². The molecule has 0 aliphatic carbocycles. The number of hydrogen-bond acceptors (Lipinski definition) is 4. The van der Waals surface area contributed by atoms with Crippen LogP contribution in [0.3, 0.4) is 0 Å². The Bertz CT molecular complexity index is 783. The minimum atomic E-state index is -0.149. The summed E-state index contributed by atoms with van der Waals surface area (Å²) in [4.78, 5) is 14.3. The molecule has 0 spiro atoms. The molecule has 1 aromatic carbocycles. The van der Waals surface area contributed by atoms with Crippen molar-refractivity contribution in [2.75, 3.05) is 19.6 Å². The van der Waals surface area contributed by atoms with Gasteiger partial charge in [0.05, 0.1) is 0 Å². The van der Waals surface area contributed by atoms with Gasteiger partial charge in [0, 0.05) is 55.5 Å². The number of hydrogen-bond donors (Lipinski definition) is 0. The normalized spacial score (nSPS) is 32.6. The summed E-state index contributed by atoms with van der Waals surface area (Å²) in [7, 11) is 0. The van der Waals surface area contributed by atoms with Crippen molar-refractivity contribution in [1.29, 1.82) is 0 Å². The van der Waals surface area contributed by atoms with E-state index >= 15 is 0 Å². The summed E-state index contributed by atoms with van der Waals surface area (Å²) < 4.78 is 13.4. The SMILES string of the molecule is CCc1ncc(CN2C[C@H](c3ccc(F)cc3)[C@H]3[C@@H]2C2CCN3CC2)cn1. The summed E-state index contributed by atoms with van der Waals surface area (Å²) in [5.41, 5.74) is 2.47. The number of benzene rings is 1. The molecule has 27 heavy (non-hydrogen) atoms. The lowest BCUT2D eigenvalue weighted by molar-refractivity contribution is -0.00874. The molecular weight excluding hydrogens is 339 g/mol. The predicted molar refractivity (Wildman–Crippen MR) is 103 cm³/mol. The second-order valence-electron chi connectivity index (χ2n) is 8.30. The number of aromatic nitrogens is 2. The summed E-state index contributed by atoms with van der Waals surface area (Å²) in [6, 6.07) is 8.35. The van der Waals surface area contributed by atoms with Gasteiger partial charge in [0.15, 0.2) is 0 Å². The molecule has 4 aliphatic rings. The Kier molecular flexibility index (Phi) is 4.44. The molecule has 6 rings (SSSR count). The second kappa shape index (κ2) is 6.95. The molecular formula is C22H27FN4. The molecule has 5 heteroatoms. The van der Waals surface area contributed by atoms with E-state index in [-0.39, 0.29) is 5.82 Å². The first-order chi connectivity index (χ1) is 13.2. The van der Waals surface area contributed by atoms with Crippen LogP contribution in [0.15, 0.2) is 36.7 Å². The molecule has 0 radical (unpaired) electrons. The number of rotatable bonds is 4. The molecule has 4 nitrogen and oxygen atoms in total. The molecule has 4 saturated heterocycles. The molecule has 142 valence electrons. The van der Waals surface area contributed by atoms with Gasteiger partial charge in [-0.1, -0.05) is 19.1 Å². The van der Waals surface area contributed by atoms with E-state index in [0.717, 1.165) is 31.3 Å². The van der Waals surface area contributed by atoms with Gasteiger partial charge in [-0.2, -0.15) is 0 Å². The largest absolute Gasteiger partial charge is 0.298 e. The van der Waals surface area contributed by atoms with E-state index in [1.54, 1.807) is 12.1 Å². The fourth-order valence-corrected chi connectivity index (χ4v) is 5.61. The van der Waals surface area contributed by atoms with Crippen LogP contribution in [0.1, 0.15) is 42.6 Å². The van der Waals surface area contributed by atoms with Gasteiger partial charge < -0.3 is 0 Å². The standard InChI is InChI=1S/C22H27FN4/c1-2-20-24-11-15(12-25-20)13-27-14-19(16-3-5-18(23)6-4-16)22-21(27)17-7-9-26(22)10-8-17/h3-6,11-12,17,19,21-22H,2,7-10,13-14H2,1H3/t19-,21+,22+/m1/s1. The third-order valence-corrected chi connectivity index (χ3v) is 6.85. The summed E-state index contributed by atoms with van der Waals surface area (Å²) in [6.07, 6.45) is 7.47. The Morgan fingerprint density at radius 2 is 1.74 bits per heavy atom. The number of halogens is 1. The van der Waals surface area contributed by atoms with Crippen LogP contribution in [0.4, 0.5) is 4.39 Å². The maximum atomic E-state index is 13.4. The number of fused-ring (bicyclic) bond motifs is 2. The Hall–Kier alpha value is -1.85. The average Bonchev–Trinajstić information content (AvgIpc) is 3.11. The van der Waals surface area contributed by atoms with Crippen LogP contribution in [0.2, 0.25) is 0 Å². The van der Waals surface area contributed by atoms with Crippen molar-refractivity contribution in [2.24, 2.45) is 5.92 Å². The summed E-state index contributed by atoms with van der Waals surface area (Å²) in [5, 5.41) is 0. The summed E-state index contributed by atoms with van der Waals surface area (Å²) >= 11 is 0. The van der Waals surface area contributed by atoms with Crippen molar-refractivity contribution < 1.29 is 4.39 Å². The monoisotopic (exact) mass is 366 g/mol. The smallest absolute Gasteiger partial charge is 0.127 e. The third kappa shape index (κ3) is 3.07. The highest BCUT2D eigenvalue weighted by atomic mass is 19.1. The van der Waals surface area contributed by atoms with Gasteiger partial charge in [0.25, 0.3) is 0 Å². The summed E-state index contributed by atoms with van der Waals surface area (Å²) in [6.45, 7) is 6.45. The van der Waals surface area contributed by atoms with Crippen LogP contribution < -0.4 is 0 Å². The quantitative estimate of drug-likeness (QED) is 0.832. The highest BCUT2D eigenvalue weighted by Crippen LogP contribution is 2.46. The Morgan fingerprint density at radius 3 is 2.41 bits per heavy atom. The fourth-order valence-electron chi connectivity index (χ4n) is 5.61. The second-order valence-corrected chi connectivity index (χ2v) is 8.30. The zero-order chi connectivity index (χ0) is 18.4. The van der Waals surface area contributed by atoms with Crippen molar-refractivity contribution in [3.05, 3.63) is 59.4 Å². The first kappa shape index (κ1) is 17.3. The first-order valence-electron chi connectivity index (χ1n) is 10.3. The highest BCUT2D eigenvalue weighted by Gasteiger charge is 2.53. The number of piperidine rings is 3. The van der Waals surface area contributed by atoms with Crippen molar-refractivity contribution in [1.82, 2.24) is 19.8 Å². The van der Waals surface area contributed by atoms with E-state index in [2.05, 4.69) is 26.7 Å². The van der Waals surface area contributed by atoms with Gasteiger partial charge in [0.1, 0.15) is 11.6 Å². The van der Waals surface area contributed by atoms with E-state index in [4.69, 9.17) is 0 Å². The van der Waals surface area contributed by atoms with E-state index in [1.807, 2.05) is 24.5 Å². The maximum absolute atomic E-state index is 13.4. The molecule has 0 amide bonds. The Balaban J connectivity index is 1.43. The lowest BCUT2D eigenvalue weighted by atomic mass is 9.75. The molecule has 2 bridgehead atoms. The van der Waals surface area contributed by atoms with E-state index in [1.165, 1.54) is 37.1 Å². The van der Waals surface area contributed by atoms with Crippen LogP contribution in [-0.2, 0) is 13.0 Å². The molecule has 1 aromatic heterocycles. The Labute approximate surface area is 160 Å². The van der Waals surface area contributed by atoms with Gasteiger partial charge in [-0.05, 0) is 49.5 Å². The van der Waals surface area contributed by atoms with Crippen molar-refractivity contribution in [3.8, 4) is 0 Å². The van der Waals surface area contributed by atoms with Gasteiger partial charge in [-0.25, -0.2) is 14.4 Å². The van der Waals surface area contributed by atoms with Crippen molar-refractivity contribution in [3.63, 3.8) is 0 Å². The first-order valence-corrected chi connectivity index (χ1v) is 10.3. The molecule has 0 N–H and O–H groups in total. The van der Waals surface area contributed by atoms with Crippen LogP contribution in [0.5, 0.6) is 0 Å². The van der Waals surface area contributed by atoms with Crippen LogP contribution >= 0.6 is 0 Å². The van der Waals surface area contributed by atoms with Gasteiger partial charge in [0.2, 0.25) is 0 Å². The lowest BCUT2D eigenvalue weighted by Gasteiger charge is -2.51. The third-order valence-electron chi connectivity index (χ3n) is 6.85. The zero-order valence-corrected chi connectivity index (χ0v) is 15.9. The summed E-state index contributed by atoms with van der Waals surface area (Å²) in [5.74, 6) is 1.99. The van der Waals surface area contributed by atoms with Gasteiger partial charge in [-0.3, -0.25) is 9.80 Å².